The maximum Gasteiger partial charge on any atom is 0.417 e. The Kier molecular flexibility index (Phi) is 6.90. The summed E-state index contributed by atoms with van der Waals surface area (Å²) in [6.07, 6.45) is 7.48. The minimum Gasteiger partial charge on any atom is -0.352 e. The summed E-state index contributed by atoms with van der Waals surface area (Å²) >= 11 is 0. The van der Waals surface area contributed by atoms with Crippen molar-refractivity contribution in [1.82, 2.24) is 10.3 Å². The fraction of sp³-hybridized carbons (Fsp3) is 0.579. The second-order valence-electron chi connectivity index (χ2n) is 6.50. The molecular weight excluding hydrogens is 343 g/mol. The lowest BCUT2D eigenvalue weighted by atomic mass is 9.95. The molecule has 0 saturated heterocycles. The highest BCUT2D eigenvalue weighted by molar-refractivity contribution is 5.85. The van der Waals surface area contributed by atoms with Crippen molar-refractivity contribution in [2.24, 2.45) is 0 Å². The standard InChI is InChI=1S/C19H24F3N3O/c1-3-12-25(17-11-10-14(13-23-17)19(20,21)22)16(4-2)18(26)24-15-8-6-5-7-9-15/h1,10-11,13,15-16H,4-9,12H2,2H3,(H,24,26)/t16-/m0/s1. The van der Waals surface area contributed by atoms with Crippen molar-refractivity contribution in [1.29, 1.82) is 0 Å². The van der Waals surface area contributed by atoms with Gasteiger partial charge in [-0.2, -0.15) is 13.2 Å². The Morgan fingerprint density at radius 1 is 1.38 bits per heavy atom. The number of nitrogens with one attached hydrogen (secondary N) is 1. The van der Waals surface area contributed by atoms with Crippen molar-refractivity contribution in [2.45, 2.75) is 63.7 Å². The molecule has 1 amide bonds. The number of carbonyl (C=O) groups excluding carboxylic acids is 1. The normalized spacial score (nSPS) is 16.6. The molecule has 1 atom stereocenters. The van der Waals surface area contributed by atoms with Crippen LogP contribution in [-0.4, -0.2) is 29.5 Å². The Morgan fingerprint density at radius 2 is 2.08 bits per heavy atom. The Balaban J connectivity index is 2.16. The topological polar surface area (TPSA) is 45.2 Å². The zero-order chi connectivity index (χ0) is 19.2. The van der Waals surface area contributed by atoms with Gasteiger partial charge in [-0.25, -0.2) is 4.98 Å². The van der Waals surface area contributed by atoms with E-state index in [9.17, 15) is 18.0 Å². The molecule has 2 rings (SSSR count). The van der Waals surface area contributed by atoms with Gasteiger partial charge in [-0.1, -0.05) is 32.1 Å². The molecule has 1 N–H and O–H groups in total. The molecule has 0 radical (unpaired) electrons. The molecule has 0 unspecified atom stereocenters. The van der Waals surface area contributed by atoms with Crippen LogP contribution >= 0.6 is 0 Å². The number of rotatable bonds is 6. The largest absolute Gasteiger partial charge is 0.417 e. The number of aromatic nitrogens is 1. The molecule has 1 heterocycles. The SMILES string of the molecule is C#CCN(c1ccc(C(F)(F)F)cn1)[C@@H](CC)C(=O)NC1CCCCC1. The summed E-state index contributed by atoms with van der Waals surface area (Å²) in [5.41, 5.74) is -0.832. The second kappa shape index (κ2) is 8.93. The van der Waals surface area contributed by atoms with Gasteiger partial charge in [0.2, 0.25) is 5.91 Å². The van der Waals surface area contributed by atoms with Crippen LogP contribution in [0, 0.1) is 12.3 Å². The maximum absolute atomic E-state index is 12.7. The third kappa shape index (κ3) is 5.13. The molecular formula is C19H24F3N3O. The molecule has 0 spiro atoms. The van der Waals surface area contributed by atoms with E-state index in [1.165, 1.54) is 12.5 Å². The van der Waals surface area contributed by atoms with Gasteiger partial charge in [0.1, 0.15) is 11.9 Å². The van der Waals surface area contributed by atoms with Gasteiger partial charge in [0, 0.05) is 12.2 Å². The third-order valence-corrected chi connectivity index (χ3v) is 4.65. The summed E-state index contributed by atoms with van der Waals surface area (Å²) in [6, 6.07) is 1.80. The maximum atomic E-state index is 12.7. The number of pyridine rings is 1. The van der Waals surface area contributed by atoms with Gasteiger partial charge < -0.3 is 10.2 Å². The van der Waals surface area contributed by atoms with Crippen molar-refractivity contribution >= 4 is 11.7 Å². The molecule has 1 aromatic rings. The summed E-state index contributed by atoms with van der Waals surface area (Å²) in [5, 5.41) is 3.06. The van der Waals surface area contributed by atoms with E-state index in [1.807, 2.05) is 6.92 Å². The van der Waals surface area contributed by atoms with E-state index in [1.54, 1.807) is 4.90 Å². The number of amides is 1. The average Bonchev–Trinajstić information content (AvgIpc) is 2.62. The van der Waals surface area contributed by atoms with Crippen LogP contribution in [0.5, 0.6) is 0 Å². The third-order valence-electron chi connectivity index (χ3n) is 4.65. The summed E-state index contributed by atoms with van der Waals surface area (Å²) in [7, 11) is 0. The molecule has 26 heavy (non-hydrogen) atoms. The van der Waals surface area contributed by atoms with Crippen LogP contribution in [0.25, 0.3) is 0 Å². The van der Waals surface area contributed by atoms with Crippen LogP contribution in [0.4, 0.5) is 19.0 Å². The van der Waals surface area contributed by atoms with Gasteiger partial charge in [-0.3, -0.25) is 4.79 Å². The Morgan fingerprint density at radius 3 is 2.58 bits per heavy atom. The average molecular weight is 367 g/mol. The van der Waals surface area contributed by atoms with Crippen LogP contribution < -0.4 is 10.2 Å². The molecule has 1 fully saturated rings. The monoisotopic (exact) mass is 367 g/mol. The summed E-state index contributed by atoms with van der Waals surface area (Å²) in [5.74, 6) is 2.58. The first-order chi connectivity index (χ1) is 12.4. The molecule has 1 aromatic heterocycles. The predicted molar refractivity (Wildman–Crippen MR) is 94.5 cm³/mol. The highest BCUT2D eigenvalue weighted by Gasteiger charge is 2.32. The Bertz CT molecular complexity index is 631. The first-order valence-electron chi connectivity index (χ1n) is 8.90. The molecule has 1 saturated carbocycles. The zero-order valence-electron chi connectivity index (χ0n) is 14.9. The smallest absolute Gasteiger partial charge is 0.352 e. The van der Waals surface area contributed by atoms with Gasteiger partial charge in [0.05, 0.1) is 12.1 Å². The van der Waals surface area contributed by atoms with Crippen LogP contribution in [-0.2, 0) is 11.0 Å². The van der Waals surface area contributed by atoms with Crippen LogP contribution in [0.2, 0.25) is 0 Å². The van der Waals surface area contributed by atoms with E-state index in [4.69, 9.17) is 6.42 Å². The lowest BCUT2D eigenvalue weighted by molar-refractivity contribution is -0.137. The van der Waals surface area contributed by atoms with Crippen molar-refractivity contribution in [3.8, 4) is 12.3 Å². The molecule has 142 valence electrons. The summed E-state index contributed by atoms with van der Waals surface area (Å²) in [6.45, 7) is 1.94. The van der Waals surface area contributed by atoms with Gasteiger partial charge >= 0.3 is 6.18 Å². The zero-order valence-corrected chi connectivity index (χ0v) is 14.9. The number of carbonyl (C=O) groups is 1. The fourth-order valence-electron chi connectivity index (χ4n) is 3.26. The number of alkyl halides is 3. The van der Waals surface area contributed by atoms with E-state index in [-0.39, 0.29) is 24.3 Å². The number of anilines is 1. The minimum absolute atomic E-state index is 0.0922. The molecule has 0 aromatic carbocycles. The lowest BCUT2D eigenvalue weighted by Gasteiger charge is -2.32. The van der Waals surface area contributed by atoms with Gasteiger partial charge in [-0.05, 0) is 31.4 Å². The van der Waals surface area contributed by atoms with Gasteiger partial charge in [0.15, 0.2) is 0 Å². The minimum atomic E-state index is -4.45. The highest BCUT2D eigenvalue weighted by atomic mass is 19.4. The summed E-state index contributed by atoms with van der Waals surface area (Å²) in [4.78, 5) is 18.2. The molecule has 7 heteroatoms. The van der Waals surface area contributed by atoms with E-state index in [0.717, 1.165) is 37.9 Å². The van der Waals surface area contributed by atoms with E-state index < -0.39 is 17.8 Å². The van der Waals surface area contributed by atoms with Crippen molar-refractivity contribution in [3.05, 3.63) is 23.9 Å². The Labute approximate surface area is 152 Å². The fourth-order valence-corrected chi connectivity index (χ4v) is 3.26. The number of nitrogens with zero attached hydrogens (tertiary/aromatic N) is 2. The lowest BCUT2D eigenvalue weighted by Crippen LogP contribution is -2.50. The first-order valence-corrected chi connectivity index (χ1v) is 8.90. The molecule has 4 nitrogen and oxygen atoms in total. The number of hydrogen-bond donors (Lipinski definition) is 1. The van der Waals surface area contributed by atoms with Crippen LogP contribution in [0.1, 0.15) is 51.0 Å². The highest BCUT2D eigenvalue weighted by Crippen LogP contribution is 2.29. The predicted octanol–water partition coefficient (Wildman–Crippen LogP) is 3.77. The second-order valence-corrected chi connectivity index (χ2v) is 6.50. The van der Waals surface area contributed by atoms with Crippen LogP contribution in [0.15, 0.2) is 18.3 Å². The van der Waals surface area contributed by atoms with Gasteiger partial charge in [-0.15, -0.1) is 6.42 Å². The van der Waals surface area contributed by atoms with Gasteiger partial charge in [0.25, 0.3) is 0 Å². The van der Waals surface area contributed by atoms with E-state index in [2.05, 4.69) is 16.2 Å². The molecule has 1 aliphatic carbocycles. The summed E-state index contributed by atoms with van der Waals surface area (Å²) < 4.78 is 38.2. The molecule has 0 aliphatic heterocycles. The number of halogens is 3. The Hall–Kier alpha value is -2.23. The quantitative estimate of drug-likeness (QED) is 0.779. The number of hydrogen-bond acceptors (Lipinski definition) is 3. The van der Waals surface area contributed by atoms with E-state index in [0.29, 0.717) is 6.42 Å². The van der Waals surface area contributed by atoms with Crippen LogP contribution in [0.3, 0.4) is 0 Å². The van der Waals surface area contributed by atoms with Crippen molar-refractivity contribution < 1.29 is 18.0 Å². The molecule has 0 bridgehead atoms. The van der Waals surface area contributed by atoms with Crippen molar-refractivity contribution in [2.75, 3.05) is 11.4 Å². The number of terminal acetylenes is 1. The van der Waals surface area contributed by atoms with E-state index >= 15 is 0 Å². The molecule has 1 aliphatic rings. The van der Waals surface area contributed by atoms with Crippen molar-refractivity contribution in [3.63, 3.8) is 0 Å². The first kappa shape index (κ1) is 20.1.